The second-order valence-electron chi connectivity index (χ2n) is 8.12. The summed E-state index contributed by atoms with van der Waals surface area (Å²) in [5.74, 6) is 0.756. The van der Waals surface area contributed by atoms with Gasteiger partial charge < -0.3 is 20.1 Å². The minimum atomic E-state index is -0.520. The van der Waals surface area contributed by atoms with E-state index in [0.717, 1.165) is 52.4 Å². The number of ether oxygens (including phenoxy) is 1. The monoisotopic (exact) mass is 425 g/mol. The van der Waals surface area contributed by atoms with Crippen molar-refractivity contribution in [3.63, 3.8) is 0 Å². The highest BCUT2D eigenvalue weighted by molar-refractivity contribution is 6.31. The van der Waals surface area contributed by atoms with E-state index in [1.54, 1.807) is 13.1 Å². The Balaban J connectivity index is 1.51. The molecule has 2 aromatic rings. The van der Waals surface area contributed by atoms with Crippen molar-refractivity contribution in [1.29, 1.82) is 0 Å². The Morgan fingerprint density at radius 2 is 2.13 bits per heavy atom. The van der Waals surface area contributed by atoms with Gasteiger partial charge in [0.25, 0.3) is 5.91 Å². The Kier molecular flexibility index (Phi) is 5.01. The number of nitrogens with zero attached hydrogens (tertiary/aromatic N) is 2. The minimum Gasteiger partial charge on any atom is -0.479 e. The average molecular weight is 426 g/mol. The zero-order valence-electron chi connectivity index (χ0n) is 16.8. The van der Waals surface area contributed by atoms with Crippen LogP contribution in [0, 0.1) is 0 Å². The highest BCUT2D eigenvalue weighted by Crippen LogP contribution is 2.44. The van der Waals surface area contributed by atoms with Crippen LogP contribution in [0.3, 0.4) is 0 Å². The van der Waals surface area contributed by atoms with Crippen molar-refractivity contribution in [2.24, 2.45) is 0 Å². The number of aromatic nitrogens is 1. The molecule has 1 amide bonds. The van der Waals surface area contributed by atoms with Gasteiger partial charge in [0, 0.05) is 66.9 Å². The van der Waals surface area contributed by atoms with Gasteiger partial charge in [-0.25, -0.2) is 0 Å². The molecule has 2 atom stereocenters. The molecule has 1 saturated heterocycles. The lowest BCUT2D eigenvalue weighted by Gasteiger charge is -2.29. The summed E-state index contributed by atoms with van der Waals surface area (Å²) in [4.78, 5) is 19.4. The lowest BCUT2D eigenvalue weighted by molar-refractivity contribution is -0.138. The quantitative estimate of drug-likeness (QED) is 0.790. The van der Waals surface area contributed by atoms with Crippen LogP contribution in [0.4, 0.5) is 0 Å². The van der Waals surface area contributed by atoms with Gasteiger partial charge in [0.05, 0.1) is 11.8 Å². The maximum Gasteiger partial charge on any atom is 0.264 e. The van der Waals surface area contributed by atoms with E-state index in [9.17, 15) is 9.90 Å². The number of pyridine rings is 1. The maximum absolute atomic E-state index is 13.0. The van der Waals surface area contributed by atoms with Crippen molar-refractivity contribution in [2.45, 2.75) is 32.0 Å². The highest BCUT2D eigenvalue weighted by Gasteiger charge is 2.35. The fraction of sp³-hybridized carbons (Fsp3) is 0.391. The lowest BCUT2D eigenvalue weighted by Crippen LogP contribution is -2.50. The third-order valence-corrected chi connectivity index (χ3v) is 6.32. The predicted molar refractivity (Wildman–Crippen MR) is 116 cm³/mol. The molecule has 0 saturated carbocycles. The largest absolute Gasteiger partial charge is 0.479 e. The van der Waals surface area contributed by atoms with Gasteiger partial charge in [-0.05, 0) is 36.3 Å². The number of carbonyl (C=O) groups is 1. The number of hydrogen-bond donors (Lipinski definition) is 2. The van der Waals surface area contributed by atoms with Crippen LogP contribution in [-0.4, -0.2) is 59.3 Å². The smallest absolute Gasteiger partial charge is 0.264 e. The summed E-state index contributed by atoms with van der Waals surface area (Å²) in [5, 5.41) is 13.9. The first kappa shape index (κ1) is 19.5. The van der Waals surface area contributed by atoms with Crippen LogP contribution >= 0.6 is 11.6 Å². The fourth-order valence-electron chi connectivity index (χ4n) is 4.50. The number of halogens is 1. The van der Waals surface area contributed by atoms with Crippen LogP contribution in [0.1, 0.15) is 23.7 Å². The molecule has 3 aliphatic rings. The van der Waals surface area contributed by atoms with Crippen LogP contribution in [0.15, 0.2) is 30.0 Å². The van der Waals surface area contributed by atoms with Gasteiger partial charge in [-0.15, -0.1) is 0 Å². The number of benzene rings is 1. The number of piperazine rings is 1. The SMILES string of the molecule is CC(O)C1=Cc2c(-c3cc(Cl)cc4c3OC(C(=O)N3CCNCC3)C4)ccnc2C1. The number of fused-ring (bicyclic) bond motifs is 2. The molecule has 0 bridgehead atoms. The summed E-state index contributed by atoms with van der Waals surface area (Å²) in [5.41, 5.74) is 5.65. The Labute approximate surface area is 180 Å². The third-order valence-electron chi connectivity index (χ3n) is 6.10. The van der Waals surface area contributed by atoms with E-state index in [4.69, 9.17) is 16.3 Å². The third kappa shape index (κ3) is 3.39. The van der Waals surface area contributed by atoms with Crippen molar-refractivity contribution in [2.75, 3.05) is 26.2 Å². The molecule has 7 heteroatoms. The molecule has 3 heterocycles. The van der Waals surface area contributed by atoms with Gasteiger partial charge in [-0.2, -0.15) is 0 Å². The van der Waals surface area contributed by atoms with E-state index < -0.39 is 12.2 Å². The van der Waals surface area contributed by atoms with Crippen LogP contribution in [-0.2, 0) is 17.6 Å². The molecule has 1 aromatic heterocycles. The minimum absolute atomic E-state index is 0.0333. The van der Waals surface area contributed by atoms with Gasteiger partial charge >= 0.3 is 0 Å². The van der Waals surface area contributed by atoms with Gasteiger partial charge in [0.2, 0.25) is 0 Å². The molecule has 2 unspecified atom stereocenters. The van der Waals surface area contributed by atoms with Gasteiger partial charge in [0.15, 0.2) is 6.10 Å². The highest BCUT2D eigenvalue weighted by atomic mass is 35.5. The zero-order chi connectivity index (χ0) is 20.8. The van der Waals surface area contributed by atoms with Crippen molar-refractivity contribution in [1.82, 2.24) is 15.2 Å². The number of nitrogens with one attached hydrogen (secondary N) is 1. The Morgan fingerprint density at radius 1 is 1.33 bits per heavy atom. The topological polar surface area (TPSA) is 74.7 Å². The second-order valence-corrected chi connectivity index (χ2v) is 8.55. The van der Waals surface area contributed by atoms with Crippen LogP contribution < -0.4 is 10.1 Å². The molecule has 1 fully saturated rings. The number of rotatable bonds is 3. The van der Waals surface area contributed by atoms with E-state index in [1.807, 2.05) is 29.2 Å². The molecule has 1 aromatic carbocycles. The Morgan fingerprint density at radius 3 is 2.90 bits per heavy atom. The lowest BCUT2D eigenvalue weighted by atomic mass is 9.97. The fourth-order valence-corrected chi connectivity index (χ4v) is 4.74. The molecule has 2 aliphatic heterocycles. The van der Waals surface area contributed by atoms with Crippen molar-refractivity contribution in [3.8, 4) is 16.9 Å². The summed E-state index contributed by atoms with van der Waals surface area (Å²) in [6, 6.07) is 5.73. The number of amides is 1. The van der Waals surface area contributed by atoms with Crippen molar-refractivity contribution < 1.29 is 14.6 Å². The Bertz CT molecular complexity index is 1040. The van der Waals surface area contributed by atoms with E-state index in [2.05, 4.69) is 10.3 Å². The molecule has 156 valence electrons. The summed E-state index contributed by atoms with van der Waals surface area (Å²) >= 11 is 6.45. The molecule has 6 nitrogen and oxygen atoms in total. The van der Waals surface area contributed by atoms with Gasteiger partial charge in [-0.3, -0.25) is 9.78 Å². The molecular formula is C23H24ClN3O3. The molecular weight excluding hydrogens is 402 g/mol. The number of carbonyl (C=O) groups excluding carboxylic acids is 1. The molecule has 1 aliphatic carbocycles. The first-order valence-electron chi connectivity index (χ1n) is 10.4. The molecule has 30 heavy (non-hydrogen) atoms. The number of hydrogen-bond acceptors (Lipinski definition) is 5. The van der Waals surface area contributed by atoms with E-state index in [-0.39, 0.29) is 5.91 Å². The average Bonchev–Trinajstić information content (AvgIpc) is 3.37. The number of aliphatic hydroxyl groups is 1. The van der Waals surface area contributed by atoms with Crippen LogP contribution in [0.2, 0.25) is 5.02 Å². The van der Waals surface area contributed by atoms with E-state index in [1.165, 1.54) is 0 Å². The predicted octanol–water partition coefficient (Wildman–Crippen LogP) is 2.46. The summed E-state index contributed by atoms with van der Waals surface area (Å²) < 4.78 is 6.24. The summed E-state index contributed by atoms with van der Waals surface area (Å²) in [6.45, 7) is 4.79. The first-order valence-corrected chi connectivity index (χ1v) is 10.7. The first-order chi connectivity index (χ1) is 14.5. The van der Waals surface area contributed by atoms with Crippen molar-refractivity contribution in [3.05, 3.63) is 51.8 Å². The normalized spacial score (nSPS) is 21.0. The van der Waals surface area contributed by atoms with Crippen molar-refractivity contribution >= 4 is 23.6 Å². The van der Waals surface area contributed by atoms with Gasteiger partial charge in [-0.1, -0.05) is 17.7 Å². The molecule has 0 spiro atoms. The van der Waals surface area contributed by atoms with Crippen LogP contribution in [0.25, 0.3) is 17.2 Å². The maximum atomic E-state index is 13.0. The number of aliphatic hydroxyl groups excluding tert-OH is 1. The van der Waals surface area contributed by atoms with Crippen LogP contribution in [0.5, 0.6) is 5.75 Å². The standard InChI is InChI=1S/C23H24ClN3O3/c1-13(28)14-9-18-17(2-3-26-20(18)10-14)19-12-16(24)8-15-11-21(30-22(15)19)23(29)27-6-4-25-5-7-27/h2-3,8-9,12-13,21,25,28H,4-7,10-11H2,1H3. The van der Waals surface area contributed by atoms with E-state index in [0.29, 0.717) is 31.0 Å². The Hall–Kier alpha value is -2.41. The summed E-state index contributed by atoms with van der Waals surface area (Å²) in [7, 11) is 0. The zero-order valence-corrected chi connectivity index (χ0v) is 17.6. The molecule has 2 N–H and O–H groups in total. The second kappa shape index (κ2) is 7.69. The van der Waals surface area contributed by atoms with E-state index >= 15 is 0 Å². The summed E-state index contributed by atoms with van der Waals surface area (Å²) in [6.07, 6.45) is 3.90. The molecule has 5 rings (SSSR count). The molecule has 0 radical (unpaired) electrons. The van der Waals surface area contributed by atoms with Gasteiger partial charge in [0.1, 0.15) is 5.75 Å².